The van der Waals surface area contributed by atoms with Crippen LogP contribution in [-0.2, 0) is 0 Å². The van der Waals surface area contributed by atoms with E-state index in [2.05, 4.69) is 15.9 Å². The molecule has 0 spiro atoms. The van der Waals surface area contributed by atoms with E-state index in [-0.39, 0.29) is 5.82 Å². The van der Waals surface area contributed by atoms with Gasteiger partial charge in [0.2, 0.25) is 0 Å². The van der Waals surface area contributed by atoms with Gasteiger partial charge in [-0.1, -0.05) is 6.07 Å². The van der Waals surface area contributed by atoms with Crippen LogP contribution in [0.3, 0.4) is 0 Å². The van der Waals surface area contributed by atoms with Gasteiger partial charge < -0.3 is 14.6 Å². The summed E-state index contributed by atoms with van der Waals surface area (Å²) in [5.74, 6) is 0.771. The Balaban J connectivity index is 2.53. The van der Waals surface area contributed by atoms with Crippen LogP contribution in [0.2, 0.25) is 0 Å². The zero-order valence-corrected chi connectivity index (χ0v) is 15.1. The minimum absolute atomic E-state index is 0.337. The van der Waals surface area contributed by atoms with Gasteiger partial charge in [0.1, 0.15) is 23.4 Å². The summed E-state index contributed by atoms with van der Waals surface area (Å²) in [6, 6.07) is 7.70. The van der Waals surface area contributed by atoms with Crippen molar-refractivity contribution < 1.29 is 19.0 Å². The Morgan fingerprint density at radius 3 is 2.33 bits per heavy atom. The third kappa shape index (κ3) is 3.49. The van der Waals surface area contributed by atoms with Crippen molar-refractivity contribution in [1.82, 2.24) is 0 Å². The van der Waals surface area contributed by atoms with Crippen LogP contribution in [0.4, 0.5) is 4.39 Å². The number of methoxy groups -OCH3 is 2. The summed E-state index contributed by atoms with van der Waals surface area (Å²) < 4.78 is 25.1. The molecule has 2 aromatic rings. The molecule has 1 unspecified atom stereocenters. The van der Waals surface area contributed by atoms with Crippen LogP contribution in [-0.4, -0.2) is 19.3 Å². The zero-order valence-electron chi connectivity index (χ0n) is 11.4. The van der Waals surface area contributed by atoms with Crippen molar-refractivity contribution in [2.75, 3.05) is 14.2 Å². The molecule has 0 aromatic heterocycles. The van der Waals surface area contributed by atoms with E-state index in [4.69, 9.17) is 9.47 Å². The smallest absolute Gasteiger partial charge is 0.133 e. The Morgan fingerprint density at radius 1 is 1.10 bits per heavy atom. The van der Waals surface area contributed by atoms with Gasteiger partial charge in [0.05, 0.1) is 18.7 Å². The van der Waals surface area contributed by atoms with Crippen LogP contribution in [0, 0.1) is 9.39 Å². The van der Waals surface area contributed by atoms with Crippen LogP contribution in [0.5, 0.6) is 11.5 Å². The van der Waals surface area contributed by atoms with Gasteiger partial charge in [-0.25, -0.2) is 4.39 Å². The summed E-state index contributed by atoms with van der Waals surface area (Å²) >= 11 is 5.37. The van der Waals surface area contributed by atoms with Gasteiger partial charge in [-0.3, -0.25) is 0 Å². The monoisotopic (exact) mass is 466 g/mol. The van der Waals surface area contributed by atoms with Crippen molar-refractivity contribution in [2.24, 2.45) is 0 Å². The number of aliphatic hydroxyl groups is 1. The third-order valence-corrected chi connectivity index (χ3v) is 4.61. The highest BCUT2D eigenvalue weighted by Crippen LogP contribution is 2.38. The minimum atomic E-state index is -0.936. The molecule has 0 fully saturated rings. The van der Waals surface area contributed by atoms with Gasteiger partial charge in [-0.2, -0.15) is 0 Å². The molecule has 0 radical (unpaired) electrons. The SMILES string of the molecule is COc1cc(C(O)c2ccc(F)cc2I)c(OC)cc1Br. The van der Waals surface area contributed by atoms with E-state index in [0.29, 0.717) is 26.2 Å². The molecule has 0 saturated heterocycles. The maximum absolute atomic E-state index is 13.2. The van der Waals surface area contributed by atoms with Crippen LogP contribution < -0.4 is 9.47 Å². The van der Waals surface area contributed by atoms with E-state index in [1.807, 2.05) is 22.6 Å². The Hall–Kier alpha value is -0.860. The maximum atomic E-state index is 13.2. The molecule has 1 atom stereocenters. The fraction of sp³-hybridized carbons (Fsp3) is 0.200. The lowest BCUT2D eigenvalue weighted by atomic mass is 10.0. The quantitative estimate of drug-likeness (QED) is 0.683. The van der Waals surface area contributed by atoms with Crippen molar-refractivity contribution in [3.8, 4) is 11.5 Å². The van der Waals surface area contributed by atoms with E-state index in [9.17, 15) is 9.50 Å². The maximum Gasteiger partial charge on any atom is 0.133 e. The minimum Gasteiger partial charge on any atom is -0.496 e. The van der Waals surface area contributed by atoms with Crippen LogP contribution in [0.1, 0.15) is 17.2 Å². The molecule has 21 heavy (non-hydrogen) atoms. The lowest BCUT2D eigenvalue weighted by Crippen LogP contribution is -2.05. The second-order valence-electron chi connectivity index (χ2n) is 4.30. The molecule has 112 valence electrons. The lowest BCUT2D eigenvalue weighted by molar-refractivity contribution is 0.213. The fourth-order valence-electron chi connectivity index (χ4n) is 1.99. The molecule has 6 heteroatoms. The number of rotatable bonds is 4. The molecule has 0 saturated carbocycles. The van der Waals surface area contributed by atoms with Gasteiger partial charge in [0.25, 0.3) is 0 Å². The topological polar surface area (TPSA) is 38.7 Å². The summed E-state index contributed by atoms with van der Waals surface area (Å²) in [4.78, 5) is 0. The molecule has 1 N–H and O–H groups in total. The highest BCUT2D eigenvalue weighted by atomic mass is 127. The summed E-state index contributed by atoms with van der Waals surface area (Å²) in [7, 11) is 3.07. The van der Waals surface area contributed by atoms with Gasteiger partial charge in [-0.05, 0) is 68.3 Å². The van der Waals surface area contributed by atoms with E-state index in [1.54, 1.807) is 25.3 Å². The molecule has 0 bridgehead atoms. The van der Waals surface area contributed by atoms with Gasteiger partial charge >= 0.3 is 0 Å². The second-order valence-corrected chi connectivity index (χ2v) is 6.31. The molecule has 2 rings (SSSR count). The zero-order chi connectivity index (χ0) is 15.6. The van der Waals surface area contributed by atoms with Crippen molar-refractivity contribution in [3.05, 3.63) is 55.3 Å². The summed E-state index contributed by atoms with van der Waals surface area (Å²) in [5, 5.41) is 10.6. The van der Waals surface area contributed by atoms with E-state index >= 15 is 0 Å². The van der Waals surface area contributed by atoms with Crippen LogP contribution in [0.25, 0.3) is 0 Å². The lowest BCUT2D eigenvalue weighted by Gasteiger charge is -2.18. The van der Waals surface area contributed by atoms with Crippen molar-refractivity contribution >= 4 is 38.5 Å². The Kier molecular flexibility index (Phi) is 5.45. The predicted octanol–water partition coefficient (Wildman–Crippen LogP) is 4.29. The van der Waals surface area contributed by atoms with Gasteiger partial charge in [0.15, 0.2) is 0 Å². The Morgan fingerprint density at radius 2 is 1.76 bits per heavy atom. The predicted molar refractivity (Wildman–Crippen MR) is 90.4 cm³/mol. The number of aliphatic hydroxyl groups excluding tert-OH is 1. The third-order valence-electron chi connectivity index (χ3n) is 3.06. The Labute approximate surface area is 144 Å². The van der Waals surface area contributed by atoms with Gasteiger partial charge in [-0.15, -0.1) is 0 Å². The highest BCUT2D eigenvalue weighted by molar-refractivity contribution is 14.1. The number of hydrogen-bond donors (Lipinski definition) is 1. The molecule has 0 aliphatic carbocycles. The fourth-order valence-corrected chi connectivity index (χ4v) is 3.25. The van der Waals surface area contributed by atoms with Crippen LogP contribution in [0.15, 0.2) is 34.8 Å². The van der Waals surface area contributed by atoms with E-state index < -0.39 is 6.10 Å². The largest absolute Gasteiger partial charge is 0.496 e. The first-order valence-corrected chi connectivity index (χ1v) is 7.89. The van der Waals surface area contributed by atoms with Crippen LogP contribution >= 0.6 is 38.5 Å². The molecular formula is C15H13BrFIO3. The molecule has 0 heterocycles. The number of ether oxygens (including phenoxy) is 2. The first kappa shape index (κ1) is 16.5. The number of hydrogen-bond acceptors (Lipinski definition) is 3. The van der Waals surface area contributed by atoms with Crippen molar-refractivity contribution in [2.45, 2.75) is 6.10 Å². The average molecular weight is 467 g/mol. The summed E-state index contributed by atoms with van der Waals surface area (Å²) in [6.45, 7) is 0. The molecule has 0 amide bonds. The summed E-state index contributed by atoms with van der Waals surface area (Å²) in [6.07, 6.45) is -0.936. The normalized spacial score (nSPS) is 12.1. The first-order chi connectivity index (χ1) is 9.97. The van der Waals surface area contributed by atoms with Crippen molar-refractivity contribution in [3.63, 3.8) is 0 Å². The molecule has 3 nitrogen and oxygen atoms in total. The first-order valence-electron chi connectivity index (χ1n) is 6.02. The molecule has 0 aliphatic heterocycles. The second kappa shape index (κ2) is 6.93. The molecule has 0 aliphatic rings. The molecular weight excluding hydrogens is 454 g/mol. The number of halogens is 3. The van der Waals surface area contributed by atoms with Crippen molar-refractivity contribution in [1.29, 1.82) is 0 Å². The summed E-state index contributed by atoms with van der Waals surface area (Å²) in [5.41, 5.74) is 1.17. The van der Waals surface area contributed by atoms with E-state index in [1.165, 1.54) is 19.2 Å². The molecule has 2 aromatic carbocycles. The average Bonchev–Trinajstić information content (AvgIpc) is 2.46. The highest BCUT2D eigenvalue weighted by Gasteiger charge is 2.20. The van der Waals surface area contributed by atoms with E-state index in [0.717, 1.165) is 4.47 Å². The van der Waals surface area contributed by atoms with Gasteiger partial charge in [0, 0.05) is 9.13 Å². The standard InChI is InChI=1S/C15H13BrFIO3/c1-20-13-7-11(16)14(21-2)6-10(13)15(19)9-4-3-8(17)5-12(9)18/h3-7,15,19H,1-2H3. The Bertz CT molecular complexity index is 664. The number of benzene rings is 2.